The molecule has 0 spiro atoms. The van der Waals surface area contributed by atoms with Gasteiger partial charge in [-0.15, -0.1) is 0 Å². The molecule has 1 aliphatic rings. The van der Waals surface area contributed by atoms with Crippen LogP contribution in [0, 0.1) is 6.92 Å². The summed E-state index contributed by atoms with van der Waals surface area (Å²) in [5, 5.41) is 6.72. The lowest BCUT2D eigenvalue weighted by molar-refractivity contribution is 0.0523. The first-order valence-corrected chi connectivity index (χ1v) is 8.09. The molecule has 1 aliphatic carbocycles. The van der Waals surface area contributed by atoms with Crippen LogP contribution in [0.5, 0.6) is 0 Å². The van der Waals surface area contributed by atoms with Crippen LogP contribution in [-0.4, -0.2) is 26.8 Å². The second-order valence-corrected chi connectivity index (χ2v) is 7.02. The van der Waals surface area contributed by atoms with Crippen LogP contribution in [0.25, 0.3) is 11.5 Å². The Morgan fingerprint density at radius 2 is 2.08 bits per heavy atom. The van der Waals surface area contributed by atoms with Crippen LogP contribution in [0.4, 0.5) is 4.79 Å². The van der Waals surface area contributed by atoms with Crippen molar-refractivity contribution in [3.63, 3.8) is 0 Å². The van der Waals surface area contributed by atoms with Crippen LogP contribution >= 0.6 is 0 Å². The Labute approximate surface area is 140 Å². The average Bonchev–Trinajstić information content (AvgIpc) is 3.22. The Hall–Kier alpha value is -2.44. The zero-order chi connectivity index (χ0) is 17.3. The molecule has 0 aromatic carbocycles. The summed E-state index contributed by atoms with van der Waals surface area (Å²) in [4.78, 5) is 20.6. The highest BCUT2D eigenvalue weighted by molar-refractivity contribution is 5.67. The quantitative estimate of drug-likeness (QED) is 0.924. The number of ether oxygens (including phenoxy) is 1. The maximum Gasteiger partial charge on any atom is 0.407 e. The van der Waals surface area contributed by atoms with Gasteiger partial charge < -0.3 is 14.6 Å². The minimum Gasteiger partial charge on any atom is -0.444 e. The molecule has 0 radical (unpaired) electrons. The average molecular weight is 330 g/mol. The number of aromatic nitrogens is 3. The van der Waals surface area contributed by atoms with Crippen molar-refractivity contribution in [2.75, 3.05) is 0 Å². The number of rotatable bonds is 4. The van der Waals surface area contributed by atoms with Crippen molar-refractivity contribution in [3.8, 4) is 11.5 Å². The van der Waals surface area contributed by atoms with Gasteiger partial charge in [-0.1, -0.05) is 5.16 Å². The van der Waals surface area contributed by atoms with Crippen LogP contribution in [0.2, 0.25) is 0 Å². The van der Waals surface area contributed by atoms with E-state index in [1.807, 2.05) is 39.8 Å². The molecule has 0 unspecified atom stereocenters. The number of carbonyl (C=O) groups is 1. The Morgan fingerprint density at radius 3 is 2.71 bits per heavy atom. The summed E-state index contributed by atoms with van der Waals surface area (Å²) in [5.74, 6) is 1.72. The second kappa shape index (κ2) is 6.22. The van der Waals surface area contributed by atoms with Gasteiger partial charge in [-0.05, 0) is 52.7 Å². The minimum absolute atomic E-state index is 0.299. The van der Waals surface area contributed by atoms with Gasteiger partial charge in [0.1, 0.15) is 5.60 Å². The Bertz CT molecular complexity index is 745. The van der Waals surface area contributed by atoms with Crippen molar-refractivity contribution in [1.29, 1.82) is 0 Å². The number of nitrogens with zero attached hydrogens (tertiary/aromatic N) is 3. The van der Waals surface area contributed by atoms with Crippen molar-refractivity contribution in [2.45, 2.75) is 58.6 Å². The van der Waals surface area contributed by atoms with E-state index < -0.39 is 11.7 Å². The van der Waals surface area contributed by atoms with Crippen molar-refractivity contribution >= 4 is 6.09 Å². The van der Waals surface area contributed by atoms with Gasteiger partial charge in [-0.25, -0.2) is 4.79 Å². The lowest BCUT2D eigenvalue weighted by atomic mass is 10.2. The van der Waals surface area contributed by atoms with Crippen LogP contribution in [0.3, 0.4) is 0 Å². The highest BCUT2D eigenvalue weighted by atomic mass is 16.6. The van der Waals surface area contributed by atoms with E-state index in [-0.39, 0.29) is 0 Å². The summed E-state index contributed by atoms with van der Waals surface area (Å²) in [5.41, 5.74) is 1.82. The molecule has 3 rings (SSSR count). The minimum atomic E-state index is -0.519. The fourth-order valence-corrected chi connectivity index (χ4v) is 2.27. The van der Waals surface area contributed by atoms with E-state index in [4.69, 9.17) is 9.26 Å². The summed E-state index contributed by atoms with van der Waals surface area (Å²) in [7, 11) is 0. The molecule has 1 fully saturated rings. The molecule has 2 aromatic rings. The molecule has 7 nitrogen and oxygen atoms in total. The zero-order valence-electron chi connectivity index (χ0n) is 14.4. The van der Waals surface area contributed by atoms with Crippen molar-refractivity contribution in [1.82, 2.24) is 20.4 Å². The number of nitrogens with one attached hydrogen (secondary N) is 1. The molecule has 0 saturated heterocycles. The largest absolute Gasteiger partial charge is 0.444 e. The van der Waals surface area contributed by atoms with E-state index in [9.17, 15) is 4.79 Å². The lowest BCUT2D eigenvalue weighted by Gasteiger charge is -2.19. The third kappa shape index (κ3) is 4.10. The van der Waals surface area contributed by atoms with E-state index >= 15 is 0 Å². The third-order valence-electron chi connectivity index (χ3n) is 3.57. The van der Waals surface area contributed by atoms with Gasteiger partial charge in [-0.3, -0.25) is 4.98 Å². The summed E-state index contributed by atoms with van der Waals surface area (Å²) in [6, 6.07) is 3.72. The zero-order valence-corrected chi connectivity index (χ0v) is 14.4. The number of hydrogen-bond donors (Lipinski definition) is 1. The number of carbonyl (C=O) groups excluding carboxylic acids is 1. The monoisotopic (exact) mass is 330 g/mol. The lowest BCUT2D eigenvalue weighted by Crippen LogP contribution is -2.32. The molecule has 0 atom stereocenters. The third-order valence-corrected chi connectivity index (χ3v) is 3.57. The fourth-order valence-electron chi connectivity index (χ4n) is 2.27. The van der Waals surface area contributed by atoms with E-state index in [1.54, 1.807) is 0 Å². The predicted octanol–water partition coefficient (Wildman–Crippen LogP) is 3.34. The second-order valence-electron chi connectivity index (χ2n) is 7.02. The molecule has 1 saturated carbocycles. The molecule has 2 heterocycles. The summed E-state index contributed by atoms with van der Waals surface area (Å²) in [6.07, 6.45) is 1.80. The van der Waals surface area contributed by atoms with E-state index in [0.29, 0.717) is 18.4 Å². The maximum absolute atomic E-state index is 11.7. The van der Waals surface area contributed by atoms with Crippen LogP contribution < -0.4 is 5.32 Å². The van der Waals surface area contributed by atoms with Gasteiger partial charge in [0.2, 0.25) is 0 Å². The van der Waals surface area contributed by atoms with E-state index in [2.05, 4.69) is 20.4 Å². The van der Waals surface area contributed by atoms with Gasteiger partial charge in [0, 0.05) is 5.92 Å². The molecule has 7 heteroatoms. The molecule has 24 heavy (non-hydrogen) atoms. The van der Waals surface area contributed by atoms with Gasteiger partial charge >= 0.3 is 6.09 Å². The van der Waals surface area contributed by atoms with Crippen LogP contribution in [-0.2, 0) is 11.3 Å². The highest BCUT2D eigenvalue weighted by Gasteiger charge is 2.29. The number of hydrogen-bond acceptors (Lipinski definition) is 6. The SMILES string of the molecule is Cc1nc(CNC(=O)OC(C)(C)C)ccc1-c1nc(C2CC2)no1. The number of alkyl carbamates (subject to hydrolysis) is 1. The first-order chi connectivity index (χ1) is 11.3. The molecule has 0 bridgehead atoms. The summed E-state index contributed by atoms with van der Waals surface area (Å²) in [6.45, 7) is 7.65. The maximum atomic E-state index is 11.7. The van der Waals surface area contributed by atoms with Crippen molar-refractivity contribution in [3.05, 3.63) is 29.3 Å². The van der Waals surface area contributed by atoms with Crippen molar-refractivity contribution < 1.29 is 14.1 Å². The van der Waals surface area contributed by atoms with Crippen LogP contribution in [0.15, 0.2) is 16.7 Å². The van der Waals surface area contributed by atoms with Gasteiger partial charge in [0.15, 0.2) is 5.82 Å². The smallest absolute Gasteiger partial charge is 0.407 e. The van der Waals surface area contributed by atoms with Gasteiger partial charge in [-0.2, -0.15) is 4.98 Å². The Balaban J connectivity index is 1.64. The highest BCUT2D eigenvalue weighted by Crippen LogP contribution is 2.39. The Morgan fingerprint density at radius 1 is 1.33 bits per heavy atom. The predicted molar refractivity (Wildman–Crippen MR) is 87.3 cm³/mol. The van der Waals surface area contributed by atoms with Gasteiger partial charge in [0.05, 0.1) is 23.5 Å². The first kappa shape index (κ1) is 16.4. The topological polar surface area (TPSA) is 90.1 Å². The summed E-state index contributed by atoms with van der Waals surface area (Å²) < 4.78 is 10.5. The van der Waals surface area contributed by atoms with Crippen molar-refractivity contribution in [2.24, 2.45) is 0 Å². The van der Waals surface area contributed by atoms with Gasteiger partial charge in [0.25, 0.3) is 5.89 Å². The van der Waals surface area contributed by atoms with E-state index in [0.717, 1.165) is 35.6 Å². The fraction of sp³-hybridized carbons (Fsp3) is 0.529. The number of pyridine rings is 1. The molecule has 128 valence electrons. The molecular formula is C17H22N4O3. The number of amides is 1. The van der Waals surface area contributed by atoms with Crippen LogP contribution in [0.1, 0.15) is 56.7 Å². The normalized spacial score (nSPS) is 14.5. The molecule has 1 amide bonds. The Kier molecular flexibility index (Phi) is 4.26. The molecule has 2 aromatic heterocycles. The molecule has 0 aliphatic heterocycles. The summed E-state index contributed by atoms with van der Waals surface area (Å²) >= 11 is 0. The number of aryl methyl sites for hydroxylation is 1. The van der Waals surface area contributed by atoms with E-state index in [1.165, 1.54) is 0 Å². The molecule has 1 N–H and O–H groups in total. The molecular weight excluding hydrogens is 308 g/mol. The first-order valence-electron chi connectivity index (χ1n) is 8.09. The standard InChI is InChI=1S/C17H22N4O3/c1-10-13(15-20-14(21-24-15)11-5-6-11)8-7-12(19-10)9-18-16(22)23-17(2,3)4/h7-8,11H,5-6,9H2,1-4H3,(H,18,22).